The second kappa shape index (κ2) is 6.92. The predicted molar refractivity (Wildman–Crippen MR) is 109 cm³/mol. The van der Waals surface area contributed by atoms with Crippen molar-refractivity contribution in [1.82, 2.24) is 9.38 Å². The molecular weight excluding hydrogens is 400 g/mol. The summed E-state index contributed by atoms with van der Waals surface area (Å²) in [5.41, 5.74) is 2.09. The minimum absolute atomic E-state index is 0.107. The lowest BCUT2D eigenvalue weighted by Crippen LogP contribution is -2.22. The zero-order valence-corrected chi connectivity index (χ0v) is 16.7. The third-order valence-electron chi connectivity index (χ3n) is 3.95. The molecule has 4 aromatic rings. The molecule has 0 unspecified atom stereocenters. The highest BCUT2D eigenvalue weighted by atomic mass is 32.2. The zero-order valence-electron chi connectivity index (χ0n) is 15.1. The highest BCUT2D eigenvalue weighted by Gasteiger charge is 2.13. The van der Waals surface area contributed by atoms with Crippen LogP contribution >= 0.6 is 11.3 Å². The molecule has 2 aromatic heterocycles. The van der Waals surface area contributed by atoms with Crippen LogP contribution in [0, 0.1) is 0 Å². The first-order valence-electron chi connectivity index (χ1n) is 8.44. The number of imidazole rings is 1. The third-order valence-corrected chi connectivity index (χ3v) is 5.40. The van der Waals surface area contributed by atoms with Gasteiger partial charge in [0.1, 0.15) is 0 Å². The van der Waals surface area contributed by atoms with Gasteiger partial charge in [-0.05, 0) is 42.8 Å². The molecule has 2 aromatic carbocycles. The number of hydrogen-bond acceptors (Lipinski definition) is 7. The normalized spacial score (nSPS) is 12.7. The molecule has 144 valence electrons. The van der Waals surface area contributed by atoms with Gasteiger partial charge in [0.05, 0.1) is 28.4 Å². The van der Waals surface area contributed by atoms with Crippen molar-refractivity contribution in [2.75, 3.05) is 12.9 Å². The van der Waals surface area contributed by atoms with Crippen molar-refractivity contribution >= 4 is 43.5 Å². The summed E-state index contributed by atoms with van der Waals surface area (Å²) >= 11 is 1.29. The molecule has 0 atom stereocenters. The Hall–Kier alpha value is -2.91. The van der Waals surface area contributed by atoms with Crippen LogP contribution in [0.3, 0.4) is 0 Å². The fourth-order valence-corrected chi connectivity index (χ4v) is 4.33. The fourth-order valence-electron chi connectivity index (χ4n) is 2.88. The van der Waals surface area contributed by atoms with Gasteiger partial charge in [-0.25, -0.2) is 9.38 Å². The van der Waals surface area contributed by atoms with Crippen LogP contribution in [0.4, 0.5) is 0 Å². The molecule has 4 rings (SSSR count). The first-order chi connectivity index (χ1) is 13.4. The number of rotatable bonds is 5. The Morgan fingerprint density at radius 3 is 2.71 bits per heavy atom. The van der Waals surface area contributed by atoms with E-state index in [4.69, 9.17) is 8.92 Å². The van der Waals surface area contributed by atoms with E-state index < -0.39 is 10.1 Å². The second-order valence-corrected chi connectivity index (χ2v) is 8.64. The van der Waals surface area contributed by atoms with E-state index in [0.29, 0.717) is 27.4 Å². The molecule has 9 heteroatoms. The van der Waals surface area contributed by atoms with Crippen LogP contribution in [0.25, 0.3) is 22.1 Å². The summed E-state index contributed by atoms with van der Waals surface area (Å²) in [6.07, 6.45) is 2.70. The molecular formula is C19H16N2O5S2. The number of aromatic nitrogens is 2. The minimum Gasteiger partial charge on any atom is -0.490 e. The number of fused-ring (bicyclic) bond motifs is 3. The van der Waals surface area contributed by atoms with Gasteiger partial charge in [0, 0.05) is 0 Å². The summed E-state index contributed by atoms with van der Waals surface area (Å²) in [6.45, 7) is 2.13. The summed E-state index contributed by atoms with van der Waals surface area (Å²) in [5.74, 6) is 0.400. The Morgan fingerprint density at radius 2 is 1.96 bits per heavy atom. The van der Waals surface area contributed by atoms with Gasteiger partial charge in [0.15, 0.2) is 16.5 Å². The third kappa shape index (κ3) is 3.46. The molecule has 0 fully saturated rings. The van der Waals surface area contributed by atoms with Gasteiger partial charge in [-0.3, -0.25) is 4.79 Å². The highest BCUT2D eigenvalue weighted by Crippen LogP contribution is 2.30. The van der Waals surface area contributed by atoms with Crippen LogP contribution in [-0.4, -0.2) is 30.7 Å². The first-order valence-corrected chi connectivity index (χ1v) is 11.1. The van der Waals surface area contributed by atoms with Gasteiger partial charge in [0.25, 0.3) is 5.56 Å². The molecule has 0 aliphatic rings. The molecule has 0 amide bonds. The second-order valence-electron chi connectivity index (χ2n) is 6.06. The van der Waals surface area contributed by atoms with E-state index in [9.17, 15) is 13.2 Å². The van der Waals surface area contributed by atoms with Crippen LogP contribution in [0.2, 0.25) is 0 Å². The summed E-state index contributed by atoms with van der Waals surface area (Å²) in [7, 11) is -3.68. The van der Waals surface area contributed by atoms with Crippen molar-refractivity contribution in [2.24, 2.45) is 0 Å². The summed E-state index contributed by atoms with van der Waals surface area (Å²) in [4.78, 5) is 18.0. The van der Waals surface area contributed by atoms with Gasteiger partial charge < -0.3 is 8.92 Å². The summed E-state index contributed by atoms with van der Waals surface area (Å²) < 4.78 is 35.4. The highest BCUT2D eigenvalue weighted by molar-refractivity contribution is 7.86. The van der Waals surface area contributed by atoms with E-state index in [1.807, 2.05) is 24.3 Å². The maximum atomic E-state index is 12.8. The van der Waals surface area contributed by atoms with Crippen molar-refractivity contribution in [1.29, 1.82) is 0 Å². The lowest BCUT2D eigenvalue weighted by atomic mass is 10.2. The van der Waals surface area contributed by atoms with Crippen molar-refractivity contribution in [3.8, 4) is 11.5 Å². The van der Waals surface area contributed by atoms with Crippen LogP contribution in [0.15, 0.2) is 47.3 Å². The van der Waals surface area contributed by atoms with Crippen LogP contribution in [-0.2, 0) is 10.1 Å². The van der Waals surface area contributed by atoms with Crippen molar-refractivity contribution in [2.45, 2.75) is 6.92 Å². The van der Waals surface area contributed by atoms with Gasteiger partial charge >= 0.3 is 10.1 Å². The van der Waals surface area contributed by atoms with Gasteiger partial charge in [0.2, 0.25) is 0 Å². The van der Waals surface area contributed by atoms with Gasteiger partial charge in [-0.1, -0.05) is 29.5 Å². The van der Waals surface area contributed by atoms with Crippen LogP contribution in [0.1, 0.15) is 12.5 Å². The molecule has 28 heavy (non-hydrogen) atoms. The van der Waals surface area contributed by atoms with E-state index in [-0.39, 0.29) is 11.3 Å². The molecule has 0 saturated carbocycles. The predicted octanol–water partition coefficient (Wildman–Crippen LogP) is 2.19. The SMILES string of the molecule is CCOc1cc(/C=c2\sc3nc4ccccc4n3c2=O)ccc1OS(C)(=O)=O. The lowest BCUT2D eigenvalue weighted by molar-refractivity contribution is 0.328. The molecule has 0 saturated heterocycles. The number of benzene rings is 2. The number of ether oxygens (including phenoxy) is 1. The first kappa shape index (κ1) is 18.5. The summed E-state index contributed by atoms with van der Waals surface area (Å²) in [5, 5.41) is 0. The smallest absolute Gasteiger partial charge is 0.306 e. The van der Waals surface area contributed by atoms with Crippen molar-refractivity contribution in [3.05, 3.63) is 62.9 Å². The maximum Gasteiger partial charge on any atom is 0.306 e. The Balaban J connectivity index is 1.83. The monoisotopic (exact) mass is 416 g/mol. The quantitative estimate of drug-likeness (QED) is 0.464. The largest absolute Gasteiger partial charge is 0.490 e. The van der Waals surface area contributed by atoms with Crippen LogP contribution in [0.5, 0.6) is 11.5 Å². The zero-order chi connectivity index (χ0) is 19.9. The van der Waals surface area contributed by atoms with E-state index >= 15 is 0 Å². The molecule has 0 spiro atoms. The van der Waals surface area contributed by atoms with E-state index in [0.717, 1.165) is 17.3 Å². The average Bonchev–Trinajstić information content (AvgIpc) is 3.13. The number of nitrogens with zero attached hydrogens (tertiary/aromatic N) is 2. The number of para-hydroxylation sites is 2. The Kier molecular flexibility index (Phi) is 4.56. The molecule has 0 bridgehead atoms. The standard InChI is InChI=1S/C19H16N2O5S2/c1-3-25-16-10-12(8-9-15(16)26-28(2,23)24)11-17-18(22)21-14-7-5-4-6-13(14)20-19(21)27-17/h4-11H,3H2,1-2H3/b17-11-. The van der Waals surface area contributed by atoms with Crippen molar-refractivity contribution in [3.63, 3.8) is 0 Å². The lowest BCUT2D eigenvalue weighted by Gasteiger charge is -2.10. The van der Waals surface area contributed by atoms with E-state index in [1.165, 1.54) is 17.4 Å². The van der Waals surface area contributed by atoms with Crippen molar-refractivity contribution < 1.29 is 17.3 Å². The Labute approximate surface area is 164 Å². The topological polar surface area (TPSA) is 87.0 Å². The molecule has 0 radical (unpaired) electrons. The van der Waals surface area contributed by atoms with Crippen LogP contribution < -0.4 is 19.0 Å². The van der Waals surface area contributed by atoms with E-state index in [1.54, 1.807) is 29.5 Å². The Morgan fingerprint density at radius 1 is 1.18 bits per heavy atom. The molecule has 7 nitrogen and oxygen atoms in total. The van der Waals surface area contributed by atoms with Gasteiger partial charge in [-0.2, -0.15) is 8.42 Å². The molecule has 2 heterocycles. The van der Waals surface area contributed by atoms with Gasteiger partial charge in [-0.15, -0.1) is 0 Å². The number of hydrogen-bond donors (Lipinski definition) is 0. The fraction of sp³-hybridized carbons (Fsp3) is 0.158. The summed E-state index contributed by atoms with van der Waals surface area (Å²) in [6, 6.07) is 12.3. The Bertz CT molecular complexity index is 1400. The molecule has 0 aliphatic carbocycles. The molecule has 0 N–H and O–H groups in total. The number of thiazole rings is 1. The minimum atomic E-state index is -3.68. The van der Waals surface area contributed by atoms with E-state index in [2.05, 4.69) is 4.98 Å². The average molecular weight is 416 g/mol. The maximum absolute atomic E-state index is 12.8. The molecule has 0 aliphatic heterocycles.